The van der Waals surface area contributed by atoms with Gasteiger partial charge in [0, 0.05) is 27.2 Å². The van der Waals surface area contributed by atoms with Crippen molar-refractivity contribution < 1.29 is 4.79 Å². The first-order valence-electron chi connectivity index (χ1n) is 10.3. The second-order valence-electron chi connectivity index (χ2n) is 8.06. The van der Waals surface area contributed by atoms with Gasteiger partial charge in [0.15, 0.2) is 0 Å². The first kappa shape index (κ1) is 18.6. The van der Waals surface area contributed by atoms with E-state index in [2.05, 4.69) is 48.7 Å². The van der Waals surface area contributed by atoms with E-state index < -0.39 is 0 Å². The zero-order chi connectivity index (χ0) is 19.8. The standard InChI is InChI=1S/C23H23BrN4O/c24-16-8-3-9-17(10-16)27-22-19-12-21(28-23(29)15-6-2-7-15)18(14-4-1-5-14)11-20(19)25-13-26-22/h3,8-15H,1-2,4-7H2,(H,28,29)(H,25,26,27). The summed E-state index contributed by atoms with van der Waals surface area (Å²) in [6, 6.07) is 12.2. The maximum atomic E-state index is 12.7. The van der Waals surface area contributed by atoms with E-state index in [0.29, 0.717) is 5.92 Å². The van der Waals surface area contributed by atoms with Crippen molar-refractivity contribution in [3.63, 3.8) is 0 Å². The number of nitrogens with zero attached hydrogens (tertiary/aromatic N) is 2. The minimum absolute atomic E-state index is 0.148. The molecule has 1 heterocycles. The molecular formula is C23H23BrN4O. The van der Waals surface area contributed by atoms with Crippen molar-refractivity contribution in [1.29, 1.82) is 0 Å². The fourth-order valence-corrected chi connectivity index (χ4v) is 4.39. The van der Waals surface area contributed by atoms with Crippen LogP contribution in [0.25, 0.3) is 10.9 Å². The molecule has 0 bridgehead atoms. The highest BCUT2D eigenvalue weighted by Crippen LogP contribution is 2.42. The van der Waals surface area contributed by atoms with E-state index in [-0.39, 0.29) is 11.8 Å². The van der Waals surface area contributed by atoms with Gasteiger partial charge in [0.2, 0.25) is 5.91 Å². The van der Waals surface area contributed by atoms with Gasteiger partial charge in [-0.15, -0.1) is 0 Å². The summed E-state index contributed by atoms with van der Waals surface area (Å²) in [6.45, 7) is 0. The van der Waals surface area contributed by atoms with E-state index in [1.807, 2.05) is 24.3 Å². The van der Waals surface area contributed by atoms with Crippen molar-refractivity contribution in [3.8, 4) is 0 Å². The van der Waals surface area contributed by atoms with Gasteiger partial charge in [0.1, 0.15) is 12.1 Å². The van der Waals surface area contributed by atoms with E-state index in [0.717, 1.165) is 51.8 Å². The highest BCUT2D eigenvalue weighted by molar-refractivity contribution is 9.10. The predicted molar refractivity (Wildman–Crippen MR) is 120 cm³/mol. The summed E-state index contributed by atoms with van der Waals surface area (Å²) in [7, 11) is 0. The summed E-state index contributed by atoms with van der Waals surface area (Å²) in [6.07, 6.45) is 8.34. The third-order valence-corrected chi connectivity index (χ3v) is 6.67. The molecule has 2 aromatic carbocycles. The van der Waals surface area contributed by atoms with Crippen LogP contribution in [0.2, 0.25) is 0 Å². The van der Waals surface area contributed by atoms with E-state index in [9.17, 15) is 4.79 Å². The fourth-order valence-electron chi connectivity index (χ4n) is 3.99. The van der Waals surface area contributed by atoms with Gasteiger partial charge in [-0.05, 0) is 67.5 Å². The topological polar surface area (TPSA) is 66.9 Å². The molecule has 6 heteroatoms. The molecule has 0 unspecified atom stereocenters. The number of benzene rings is 2. The molecule has 29 heavy (non-hydrogen) atoms. The first-order valence-corrected chi connectivity index (χ1v) is 11.1. The van der Waals surface area contributed by atoms with Crippen molar-refractivity contribution in [1.82, 2.24) is 9.97 Å². The number of halogens is 1. The molecule has 0 spiro atoms. The molecule has 0 radical (unpaired) electrons. The van der Waals surface area contributed by atoms with Gasteiger partial charge in [-0.25, -0.2) is 9.97 Å². The molecule has 2 aliphatic rings. The van der Waals surface area contributed by atoms with Crippen LogP contribution in [0.1, 0.15) is 50.0 Å². The lowest BCUT2D eigenvalue weighted by molar-refractivity contribution is -0.122. The summed E-state index contributed by atoms with van der Waals surface area (Å²) in [4.78, 5) is 21.6. The highest BCUT2D eigenvalue weighted by Gasteiger charge is 2.28. The number of anilines is 3. The Morgan fingerprint density at radius 1 is 1.03 bits per heavy atom. The number of carbonyl (C=O) groups excluding carboxylic acids is 1. The second kappa shape index (κ2) is 7.75. The second-order valence-corrected chi connectivity index (χ2v) is 8.97. The Balaban J connectivity index is 1.54. The molecule has 1 amide bonds. The van der Waals surface area contributed by atoms with Crippen LogP contribution in [0.3, 0.4) is 0 Å². The van der Waals surface area contributed by atoms with E-state index in [1.54, 1.807) is 6.33 Å². The molecule has 2 saturated carbocycles. The van der Waals surface area contributed by atoms with Gasteiger partial charge in [0.05, 0.1) is 5.52 Å². The molecule has 0 saturated heterocycles. The van der Waals surface area contributed by atoms with Crippen LogP contribution in [0.4, 0.5) is 17.2 Å². The average Bonchev–Trinajstić information content (AvgIpc) is 2.60. The van der Waals surface area contributed by atoms with Gasteiger partial charge < -0.3 is 10.6 Å². The zero-order valence-electron chi connectivity index (χ0n) is 16.1. The third-order valence-electron chi connectivity index (χ3n) is 6.17. The van der Waals surface area contributed by atoms with Crippen molar-refractivity contribution in [2.24, 2.45) is 5.92 Å². The molecule has 0 atom stereocenters. The minimum Gasteiger partial charge on any atom is -0.340 e. The number of carbonyl (C=O) groups is 1. The molecular weight excluding hydrogens is 428 g/mol. The summed E-state index contributed by atoms with van der Waals surface area (Å²) in [5.74, 6) is 1.56. The van der Waals surface area contributed by atoms with Crippen LogP contribution in [0.5, 0.6) is 0 Å². The summed E-state index contributed by atoms with van der Waals surface area (Å²) in [5, 5.41) is 7.54. The molecule has 2 fully saturated rings. The number of hydrogen-bond donors (Lipinski definition) is 2. The third kappa shape index (κ3) is 3.73. The summed E-state index contributed by atoms with van der Waals surface area (Å²) in [5.41, 5.74) is 3.98. The Morgan fingerprint density at radius 3 is 2.55 bits per heavy atom. The number of nitrogens with one attached hydrogen (secondary N) is 2. The lowest BCUT2D eigenvalue weighted by Gasteiger charge is -2.30. The molecule has 0 aliphatic heterocycles. The van der Waals surface area contributed by atoms with Crippen molar-refractivity contribution >= 4 is 49.9 Å². The fraction of sp³-hybridized carbons (Fsp3) is 0.348. The van der Waals surface area contributed by atoms with Crippen LogP contribution in [-0.4, -0.2) is 15.9 Å². The number of amides is 1. The maximum Gasteiger partial charge on any atom is 0.227 e. The van der Waals surface area contributed by atoms with E-state index >= 15 is 0 Å². The van der Waals surface area contributed by atoms with Crippen LogP contribution in [0, 0.1) is 5.92 Å². The average molecular weight is 451 g/mol. The van der Waals surface area contributed by atoms with Crippen LogP contribution in [-0.2, 0) is 4.79 Å². The molecule has 3 aromatic rings. The maximum absolute atomic E-state index is 12.7. The van der Waals surface area contributed by atoms with Crippen molar-refractivity contribution in [2.45, 2.75) is 44.4 Å². The lowest BCUT2D eigenvalue weighted by atomic mass is 9.78. The highest BCUT2D eigenvalue weighted by atomic mass is 79.9. The number of aromatic nitrogens is 2. The van der Waals surface area contributed by atoms with Gasteiger partial charge in [-0.1, -0.05) is 34.8 Å². The normalized spacial score (nSPS) is 16.9. The van der Waals surface area contributed by atoms with Gasteiger partial charge in [-0.2, -0.15) is 0 Å². The van der Waals surface area contributed by atoms with Gasteiger partial charge >= 0.3 is 0 Å². The van der Waals surface area contributed by atoms with E-state index in [4.69, 9.17) is 0 Å². The van der Waals surface area contributed by atoms with Crippen LogP contribution in [0.15, 0.2) is 47.2 Å². The molecule has 2 aliphatic carbocycles. The predicted octanol–water partition coefficient (Wildman–Crippen LogP) is 6.14. The SMILES string of the molecule is O=C(Nc1cc2c(Nc3cccc(Br)c3)ncnc2cc1C1CCC1)C1CCC1. The quantitative estimate of drug-likeness (QED) is 0.489. The molecule has 1 aromatic heterocycles. The van der Waals surface area contributed by atoms with Crippen LogP contribution >= 0.6 is 15.9 Å². The van der Waals surface area contributed by atoms with Crippen molar-refractivity contribution in [3.05, 3.63) is 52.8 Å². The summed E-state index contributed by atoms with van der Waals surface area (Å²) < 4.78 is 1.00. The Labute approximate surface area is 178 Å². The largest absolute Gasteiger partial charge is 0.340 e. The minimum atomic E-state index is 0.148. The summed E-state index contributed by atoms with van der Waals surface area (Å²) >= 11 is 3.51. The van der Waals surface area contributed by atoms with Gasteiger partial charge in [0.25, 0.3) is 0 Å². The number of fused-ring (bicyclic) bond motifs is 1. The Morgan fingerprint density at radius 2 is 1.86 bits per heavy atom. The molecule has 148 valence electrons. The lowest BCUT2D eigenvalue weighted by Crippen LogP contribution is -2.28. The van der Waals surface area contributed by atoms with Crippen LogP contribution < -0.4 is 10.6 Å². The zero-order valence-corrected chi connectivity index (χ0v) is 17.7. The molecule has 2 N–H and O–H groups in total. The van der Waals surface area contributed by atoms with Crippen molar-refractivity contribution in [2.75, 3.05) is 10.6 Å². The number of hydrogen-bond acceptors (Lipinski definition) is 4. The van der Waals surface area contributed by atoms with E-state index in [1.165, 1.54) is 24.8 Å². The molecule has 5 nitrogen and oxygen atoms in total. The molecule has 5 rings (SSSR count). The number of rotatable bonds is 5. The van der Waals surface area contributed by atoms with Gasteiger partial charge in [-0.3, -0.25) is 4.79 Å². The monoisotopic (exact) mass is 450 g/mol. The Bertz CT molecular complexity index is 1080. The Hall–Kier alpha value is -2.47. The Kier molecular flexibility index (Phi) is 4.96. The first-order chi connectivity index (χ1) is 14.2. The smallest absolute Gasteiger partial charge is 0.227 e.